The van der Waals surface area contributed by atoms with E-state index in [1.807, 2.05) is 44.2 Å². The largest absolute Gasteiger partial charge is 0.573 e. The van der Waals surface area contributed by atoms with Crippen LogP contribution in [0.5, 0.6) is 17.2 Å². The van der Waals surface area contributed by atoms with Gasteiger partial charge in [-0.1, -0.05) is 48.9 Å². The number of methoxy groups -OCH3 is 2. The molecule has 8 nitrogen and oxygen atoms in total. The number of halogens is 3. The number of hydrogen-bond acceptors (Lipinski definition) is 8. The molecule has 4 aromatic rings. The number of benzene rings is 3. The molecule has 3 aromatic carbocycles. The Morgan fingerprint density at radius 1 is 0.914 bits per heavy atom. The standard InChI is InChI=1S/C46H52F3NO7S/c1-29-7-6-21-44(3)38(36-17-12-32(23-34(51)14-8-29)24-37(36)43(53)41-19-9-30(2)58-41)20-22-45(44,54)28-50(27-31-10-15-35(16-11-31)57-46(47,48)49)42(52)26-33-13-18-39(55-4)40(25-33)56-5/h7,9-13,15-19,24-25,34,38,51,54H,6,8,14,20-23,26-28H2,1-5H3/t34-,38-,44-,45+/m0/s1. The molecule has 58 heavy (non-hydrogen) atoms. The zero-order valence-electron chi connectivity index (χ0n) is 33.7. The van der Waals surface area contributed by atoms with Gasteiger partial charge in [-0.25, -0.2) is 0 Å². The molecule has 0 spiro atoms. The fraction of sp³-hybridized carbons (Fsp3) is 0.435. The molecule has 1 aromatic heterocycles. The Labute approximate surface area is 342 Å². The Hall–Kier alpha value is -4.65. The molecule has 3 aliphatic carbocycles. The average molecular weight is 820 g/mol. The molecule has 1 heterocycles. The first-order valence-electron chi connectivity index (χ1n) is 19.6. The first-order chi connectivity index (χ1) is 27.5. The van der Waals surface area contributed by atoms with Crippen molar-refractivity contribution in [1.29, 1.82) is 0 Å². The quantitative estimate of drug-likeness (QED) is 0.115. The summed E-state index contributed by atoms with van der Waals surface area (Å²) in [4.78, 5) is 32.0. The summed E-state index contributed by atoms with van der Waals surface area (Å²) in [6, 6.07) is 20.2. The molecule has 7 rings (SSSR count). The first kappa shape index (κ1) is 42.9. The van der Waals surface area contributed by atoms with Gasteiger partial charge in [0.1, 0.15) is 5.75 Å². The lowest BCUT2D eigenvalue weighted by molar-refractivity contribution is -0.274. The molecule has 0 saturated heterocycles. The number of rotatable bonds is 11. The van der Waals surface area contributed by atoms with Gasteiger partial charge < -0.3 is 29.3 Å². The minimum atomic E-state index is -4.85. The number of carbonyl (C=O) groups excluding carboxylic acids is 2. The molecule has 310 valence electrons. The lowest BCUT2D eigenvalue weighted by atomic mass is 9.64. The molecule has 12 heteroatoms. The van der Waals surface area contributed by atoms with Crippen LogP contribution in [0.4, 0.5) is 13.2 Å². The lowest BCUT2D eigenvalue weighted by Crippen LogP contribution is -2.53. The van der Waals surface area contributed by atoms with Crippen molar-refractivity contribution in [2.24, 2.45) is 5.41 Å². The molecule has 1 fully saturated rings. The van der Waals surface area contributed by atoms with Gasteiger partial charge in [0, 0.05) is 22.4 Å². The van der Waals surface area contributed by atoms with E-state index in [2.05, 4.69) is 17.7 Å². The lowest BCUT2D eigenvalue weighted by Gasteiger charge is -2.46. The van der Waals surface area contributed by atoms with Gasteiger partial charge in [0.15, 0.2) is 11.5 Å². The van der Waals surface area contributed by atoms with Gasteiger partial charge in [-0.15, -0.1) is 24.5 Å². The molecule has 2 N–H and O–H groups in total. The second-order valence-corrected chi connectivity index (χ2v) is 17.3. The Bertz CT molecular complexity index is 2130. The van der Waals surface area contributed by atoms with E-state index in [1.165, 1.54) is 49.8 Å². The first-order valence-corrected chi connectivity index (χ1v) is 20.5. The maximum Gasteiger partial charge on any atom is 0.573 e. The highest BCUT2D eigenvalue weighted by Crippen LogP contribution is 2.59. The predicted molar refractivity (Wildman–Crippen MR) is 218 cm³/mol. The molecule has 4 atom stereocenters. The van der Waals surface area contributed by atoms with Crippen molar-refractivity contribution in [1.82, 2.24) is 4.90 Å². The number of allylic oxidation sites excluding steroid dienone is 2. The van der Waals surface area contributed by atoms with Gasteiger partial charge in [-0.3, -0.25) is 9.59 Å². The van der Waals surface area contributed by atoms with Crippen molar-refractivity contribution in [2.75, 3.05) is 20.8 Å². The van der Waals surface area contributed by atoms with E-state index in [0.717, 1.165) is 21.6 Å². The van der Waals surface area contributed by atoms with Crippen molar-refractivity contribution in [3.8, 4) is 17.2 Å². The fourth-order valence-electron chi connectivity index (χ4n) is 8.73. The van der Waals surface area contributed by atoms with E-state index < -0.39 is 23.5 Å². The average Bonchev–Trinajstić information content (AvgIpc) is 3.72. The van der Waals surface area contributed by atoms with E-state index in [-0.39, 0.29) is 42.9 Å². The van der Waals surface area contributed by atoms with Gasteiger partial charge in [0.2, 0.25) is 11.7 Å². The van der Waals surface area contributed by atoms with Crippen molar-refractivity contribution in [3.05, 3.63) is 122 Å². The Kier molecular flexibility index (Phi) is 13.1. The SMILES string of the molecule is COc1ccc(CC(=O)N(Cc2ccc(OC(F)(F)F)cc2)C[C@]2(O)CC[C@H]3c4ccc(cc4C(=O)c4ccc(C)s4)C[C@@H](O)CCC(C)=CCC[C@@]32C)cc1OC. The fourth-order valence-corrected chi connectivity index (χ4v) is 9.55. The highest BCUT2D eigenvalue weighted by Gasteiger charge is 2.57. The molecular weight excluding hydrogens is 768 g/mol. The Balaban J connectivity index is 1.40. The maximum atomic E-state index is 14.5. The summed E-state index contributed by atoms with van der Waals surface area (Å²) in [5, 5.41) is 24.1. The van der Waals surface area contributed by atoms with Crippen LogP contribution < -0.4 is 14.2 Å². The van der Waals surface area contributed by atoms with E-state index in [0.29, 0.717) is 78.0 Å². The van der Waals surface area contributed by atoms with Crippen molar-refractivity contribution < 1.29 is 47.2 Å². The molecular formula is C46H52F3NO7S. The second-order valence-electron chi connectivity index (χ2n) is 16.0. The number of thiophene rings is 1. The van der Waals surface area contributed by atoms with E-state index in [9.17, 15) is 33.0 Å². The summed E-state index contributed by atoms with van der Waals surface area (Å²) in [5.41, 5.74) is 2.33. The van der Waals surface area contributed by atoms with E-state index >= 15 is 0 Å². The number of aryl methyl sites for hydroxylation is 1. The van der Waals surface area contributed by atoms with Crippen LogP contribution in [0.15, 0.2) is 84.4 Å². The third kappa shape index (κ3) is 9.78. The summed E-state index contributed by atoms with van der Waals surface area (Å²) in [6.45, 7) is 6.01. The highest BCUT2D eigenvalue weighted by atomic mass is 32.1. The van der Waals surface area contributed by atoms with Gasteiger partial charge in [-0.2, -0.15) is 0 Å². The predicted octanol–water partition coefficient (Wildman–Crippen LogP) is 9.51. The van der Waals surface area contributed by atoms with E-state index in [1.54, 1.807) is 23.1 Å². The normalized spacial score (nSPS) is 22.4. The zero-order valence-corrected chi connectivity index (χ0v) is 34.5. The number of carbonyl (C=O) groups is 2. The number of aliphatic hydroxyl groups is 2. The monoisotopic (exact) mass is 819 g/mol. The minimum absolute atomic E-state index is 0.0129. The zero-order chi connectivity index (χ0) is 41.8. The van der Waals surface area contributed by atoms with Gasteiger partial charge in [0.25, 0.3) is 0 Å². The summed E-state index contributed by atoms with van der Waals surface area (Å²) in [6.07, 6.45) is 0.430. The molecule has 2 bridgehead atoms. The van der Waals surface area contributed by atoms with Gasteiger partial charge in [-0.05, 0) is 129 Å². The van der Waals surface area contributed by atoms with Crippen LogP contribution in [0.2, 0.25) is 0 Å². The second kappa shape index (κ2) is 17.7. The van der Waals surface area contributed by atoms with Crippen LogP contribution in [0.3, 0.4) is 0 Å². The van der Waals surface area contributed by atoms with Crippen LogP contribution in [-0.2, 0) is 24.2 Å². The number of ketones is 1. The highest BCUT2D eigenvalue weighted by molar-refractivity contribution is 7.14. The van der Waals surface area contributed by atoms with Gasteiger partial charge >= 0.3 is 6.36 Å². The molecule has 0 unspecified atom stereocenters. The van der Waals surface area contributed by atoms with E-state index in [4.69, 9.17) is 9.47 Å². The topological polar surface area (TPSA) is 106 Å². The third-order valence-corrected chi connectivity index (χ3v) is 13.0. The summed E-state index contributed by atoms with van der Waals surface area (Å²) >= 11 is 1.43. The summed E-state index contributed by atoms with van der Waals surface area (Å²) < 4.78 is 53.9. The number of fused-ring (bicyclic) bond motifs is 8. The third-order valence-electron chi connectivity index (χ3n) is 12.0. The van der Waals surface area contributed by atoms with Crippen LogP contribution >= 0.6 is 11.3 Å². The number of amides is 1. The maximum absolute atomic E-state index is 14.5. The van der Waals surface area contributed by atoms with Crippen LogP contribution in [0, 0.1) is 12.3 Å². The molecule has 0 aliphatic heterocycles. The Morgan fingerprint density at radius 2 is 1.64 bits per heavy atom. The molecule has 1 amide bonds. The van der Waals surface area contributed by atoms with Crippen LogP contribution in [0.25, 0.3) is 0 Å². The van der Waals surface area contributed by atoms with Crippen LogP contribution in [-0.4, -0.2) is 65.6 Å². The Morgan fingerprint density at radius 3 is 2.31 bits per heavy atom. The molecule has 0 radical (unpaired) electrons. The molecule has 3 aliphatic rings. The number of nitrogens with zero attached hydrogens (tertiary/aromatic N) is 1. The minimum Gasteiger partial charge on any atom is -0.493 e. The number of hydrogen-bond donors (Lipinski definition) is 2. The number of aliphatic hydroxyl groups excluding tert-OH is 1. The van der Waals surface area contributed by atoms with Crippen molar-refractivity contribution >= 4 is 23.0 Å². The van der Waals surface area contributed by atoms with Crippen molar-refractivity contribution in [3.63, 3.8) is 0 Å². The smallest absolute Gasteiger partial charge is 0.493 e. The number of alkyl halides is 3. The summed E-state index contributed by atoms with van der Waals surface area (Å²) in [7, 11) is 3.03. The van der Waals surface area contributed by atoms with Gasteiger partial charge in [0.05, 0.1) is 43.8 Å². The number of ether oxygens (including phenoxy) is 3. The van der Waals surface area contributed by atoms with Crippen LogP contribution in [0.1, 0.15) is 101 Å². The molecule has 1 saturated carbocycles. The summed E-state index contributed by atoms with van der Waals surface area (Å²) in [5.74, 6) is -0.0893. The van der Waals surface area contributed by atoms with Crippen molar-refractivity contribution in [2.45, 2.75) is 103 Å².